The van der Waals surface area contributed by atoms with Crippen LogP contribution in [0.1, 0.15) is 26.2 Å². The molecule has 1 aliphatic heterocycles. The fourth-order valence-electron chi connectivity index (χ4n) is 5.21. The standard InChI is InChI=1S/C21H33N5O2.HI/c1-4-22-21(24-12-16(25(2)3)13-5-6-13)23-9-10-26-19(27)17-14-7-8-15(11-14)18(17)20(26)28;/h7-8,13-18H,4-6,9-12H2,1-3H3,(H2,22,23,24);1H. The van der Waals surface area contributed by atoms with E-state index in [9.17, 15) is 9.59 Å². The van der Waals surface area contributed by atoms with Crippen molar-refractivity contribution in [2.75, 3.05) is 40.3 Å². The Bertz CT molecular complexity index is 659. The van der Waals surface area contributed by atoms with E-state index in [0.29, 0.717) is 19.1 Å². The number of halogens is 1. The first-order valence-corrected chi connectivity index (χ1v) is 10.7. The molecule has 162 valence electrons. The first-order chi connectivity index (χ1) is 13.5. The SMILES string of the molecule is CCNC(=NCC(C1CC1)N(C)C)NCCN1C(=O)C2C3C=CC(C3)C2C1=O.I. The van der Waals surface area contributed by atoms with Gasteiger partial charge in [0.1, 0.15) is 0 Å². The summed E-state index contributed by atoms with van der Waals surface area (Å²) in [5, 5.41) is 6.57. The molecule has 1 heterocycles. The summed E-state index contributed by atoms with van der Waals surface area (Å²) in [6.45, 7) is 4.52. The number of hydrogen-bond donors (Lipinski definition) is 2. The van der Waals surface area contributed by atoms with Gasteiger partial charge in [-0.1, -0.05) is 12.2 Å². The second-order valence-electron chi connectivity index (χ2n) is 8.84. The lowest BCUT2D eigenvalue weighted by Crippen LogP contribution is -2.44. The molecule has 0 aromatic rings. The summed E-state index contributed by atoms with van der Waals surface area (Å²) in [5.41, 5.74) is 0. The van der Waals surface area contributed by atoms with Gasteiger partial charge in [-0.3, -0.25) is 19.5 Å². The molecule has 3 fully saturated rings. The van der Waals surface area contributed by atoms with Crippen molar-refractivity contribution in [3.63, 3.8) is 0 Å². The maximum absolute atomic E-state index is 12.8. The largest absolute Gasteiger partial charge is 0.357 e. The molecule has 7 nitrogen and oxygen atoms in total. The van der Waals surface area contributed by atoms with Crippen LogP contribution in [0.25, 0.3) is 0 Å². The van der Waals surface area contributed by atoms with Crippen LogP contribution in [-0.2, 0) is 9.59 Å². The van der Waals surface area contributed by atoms with Crippen molar-refractivity contribution in [1.82, 2.24) is 20.4 Å². The van der Waals surface area contributed by atoms with E-state index in [0.717, 1.165) is 31.4 Å². The van der Waals surface area contributed by atoms with Gasteiger partial charge < -0.3 is 15.5 Å². The highest BCUT2D eigenvalue weighted by Gasteiger charge is 2.58. The number of hydrogen-bond acceptors (Lipinski definition) is 4. The van der Waals surface area contributed by atoms with E-state index in [2.05, 4.69) is 41.8 Å². The molecular formula is C21H34IN5O2. The lowest BCUT2D eigenvalue weighted by Gasteiger charge is -2.23. The number of guanidine groups is 1. The minimum Gasteiger partial charge on any atom is -0.357 e. The van der Waals surface area contributed by atoms with E-state index in [1.54, 1.807) is 0 Å². The Hall–Kier alpha value is -1.16. The third-order valence-electron chi connectivity index (χ3n) is 6.80. The second-order valence-corrected chi connectivity index (χ2v) is 8.84. The van der Waals surface area contributed by atoms with E-state index in [1.807, 2.05) is 6.92 Å². The molecule has 0 radical (unpaired) electrons. The number of allylic oxidation sites excluding steroid dienone is 2. The number of likely N-dealkylation sites (N-methyl/N-ethyl adjacent to an activating group) is 1. The van der Waals surface area contributed by atoms with Crippen LogP contribution in [0, 0.1) is 29.6 Å². The summed E-state index contributed by atoms with van der Waals surface area (Å²) in [7, 11) is 4.23. The summed E-state index contributed by atoms with van der Waals surface area (Å²) >= 11 is 0. The number of likely N-dealkylation sites (tertiary alicyclic amines) is 1. The molecule has 1 saturated heterocycles. The Kier molecular flexibility index (Phi) is 7.24. The minimum absolute atomic E-state index is 0. The van der Waals surface area contributed by atoms with Gasteiger partial charge in [0.2, 0.25) is 11.8 Å². The Morgan fingerprint density at radius 2 is 1.79 bits per heavy atom. The molecule has 0 aromatic carbocycles. The molecule has 2 bridgehead atoms. The van der Waals surface area contributed by atoms with Gasteiger partial charge in [0.15, 0.2) is 5.96 Å². The van der Waals surface area contributed by atoms with Crippen molar-refractivity contribution >= 4 is 41.8 Å². The van der Waals surface area contributed by atoms with Crippen LogP contribution in [0.5, 0.6) is 0 Å². The summed E-state index contributed by atoms with van der Waals surface area (Å²) in [4.78, 5) is 34.0. The van der Waals surface area contributed by atoms with Crippen LogP contribution in [0.3, 0.4) is 0 Å². The molecule has 4 aliphatic rings. The normalized spacial score (nSPS) is 31.3. The molecule has 2 N–H and O–H groups in total. The smallest absolute Gasteiger partial charge is 0.233 e. The number of nitrogens with zero attached hydrogens (tertiary/aromatic N) is 3. The highest BCUT2D eigenvalue weighted by molar-refractivity contribution is 14.0. The molecule has 0 spiro atoms. The Labute approximate surface area is 190 Å². The Morgan fingerprint density at radius 1 is 1.17 bits per heavy atom. The number of imide groups is 1. The highest BCUT2D eigenvalue weighted by atomic mass is 127. The third kappa shape index (κ3) is 4.47. The lowest BCUT2D eigenvalue weighted by molar-refractivity contribution is -0.140. The van der Waals surface area contributed by atoms with E-state index in [4.69, 9.17) is 4.99 Å². The van der Waals surface area contributed by atoms with Gasteiger partial charge in [-0.2, -0.15) is 0 Å². The number of carbonyl (C=O) groups excluding carboxylic acids is 2. The van der Waals surface area contributed by atoms with Crippen LogP contribution >= 0.6 is 24.0 Å². The molecule has 29 heavy (non-hydrogen) atoms. The van der Waals surface area contributed by atoms with Gasteiger partial charge in [-0.05, 0) is 58.0 Å². The van der Waals surface area contributed by atoms with Crippen molar-refractivity contribution in [2.45, 2.75) is 32.2 Å². The molecule has 0 aromatic heterocycles. The fourth-order valence-corrected chi connectivity index (χ4v) is 5.21. The lowest BCUT2D eigenvalue weighted by atomic mass is 9.85. The number of aliphatic imine (C=N–C) groups is 1. The summed E-state index contributed by atoms with van der Waals surface area (Å²) in [6.07, 6.45) is 7.83. The van der Waals surface area contributed by atoms with Gasteiger partial charge in [0.25, 0.3) is 0 Å². The predicted molar refractivity (Wildman–Crippen MR) is 124 cm³/mol. The fraction of sp³-hybridized carbons (Fsp3) is 0.762. The molecule has 4 rings (SSSR count). The Balaban J connectivity index is 0.00000240. The van der Waals surface area contributed by atoms with Gasteiger partial charge in [0, 0.05) is 25.7 Å². The topological polar surface area (TPSA) is 77.0 Å². The number of amides is 2. The van der Waals surface area contributed by atoms with E-state index in [1.165, 1.54) is 17.7 Å². The van der Waals surface area contributed by atoms with Crippen LogP contribution in [0.2, 0.25) is 0 Å². The maximum atomic E-state index is 12.8. The van der Waals surface area contributed by atoms with Gasteiger partial charge in [-0.25, -0.2) is 0 Å². The number of rotatable bonds is 8. The van der Waals surface area contributed by atoms with Crippen molar-refractivity contribution in [3.8, 4) is 0 Å². The van der Waals surface area contributed by atoms with Crippen molar-refractivity contribution < 1.29 is 9.59 Å². The van der Waals surface area contributed by atoms with Crippen molar-refractivity contribution in [3.05, 3.63) is 12.2 Å². The third-order valence-corrected chi connectivity index (χ3v) is 6.80. The predicted octanol–water partition coefficient (Wildman–Crippen LogP) is 1.31. The molecule has 2 saturated carbocycles. The first kappa shape index (κ1) is 22.5. The zero-order chi connectivity index (χ0) is 19.8. The average molecular weight is 515 g/mol. The number of nitrogens with one attached hydrogen (secondary N) is 2. The number of carbonyl (C=O) groups is 2. The van der Waals surface area contributed by atoms with E-state index < -0.39 is 0 Å². The van der Waals surface area contributed by atoms with Crippen LogP contribution in [0.15, 0.2) is 17.1 Å². The monoisotopic (exact) mass is 515 g/mol. The van der Waals surface area contributed by atoms with Gasteiger partial charge in [-0.15, -0.1) is 24.0 Å². The van der Waals surface area contributed by atoms with E-state index >= 15 is 0 Å². The molecule has 3 aliphatic carbocycles. The molecule has 5 unspecified atom stereocenters. The maximum Gasteiger partial charge on any atom is 0.233 e. The zero-order valence-corrected chi connectivity index (χ0v) is 20.0. The van der Waals surface area contributed by atoms with Crippen LogP contribution in [-0.4, -0.2) is 73.9 Å². The molecule has 5 atom stereocenters. The van der Waals surface area contributed by atoms with Gasteiger partial charge >= 0.3 is 0 Å². The zero-order valence-electron chi connectivity index (χ0n) is 17.6. The molecule has 2 amide bonds. The molecule has 8 heteroatoms. The quantitative estimate of drug-likeness (QED) is 0.168. The first-order valence-electron chi connectivity index (χ1n) is 10.7. The summed E-state index contributed by atoms with van der Waals surface area (Å²) < 4.78 is 0. The number of fused-ring (bicyclic) bond motifs is 5. The highest BCUT2D eigenvalue weighted by Crippen LogP contribution is 2.52. The van der Waals surface area contributed by atoms with Crippen molar-refractivity contribution in [2.24, 2.45) is 34.6 Å². The summed E-state index contributed by atoms with van der Waals surface area (Å²) in [6, 6.07) is 0.472. The van der Waals surface area contributed by atoms with E-state index in [-0.39, 0.29) is 59.5 Å². The molecular weight excluding hydrogens is 481 g/mol. The van der Waals surface area contributed by atoms with Crippen molar-refractivity contribution in [1.29, 1.82) is 0 Å². The van der Waals surface area contributed by atoms with Gasteiger partial charge in [0.05, 0.1) is 18.4 Å². The minimum atomic E-state index is -0.108. The van der Waals surface area contributed by atoms with Crippen LogP contribution < -0.4 is 10.6 Å². The average Bonchev–Trinajstić information content (AvgIpc) is 3.19. The Morgan fingerprint density at radius 3 is 2.31 bits per heavy atom. The second kappa shape index (κ2) is 9.32. The summed E-state index contributed by atoms with van der Waals surface area (Å²) in [5.74, 6) is 1.89. The van der Waals surface area contributed by atoms with Crippen LogP contribution in [0.4, 0.5) is 0 Å².